The molecule has 2 aliphatic rings. The molecule has 0 aromatic rings. The monoisotopic (exact) mass is 234 g/mol. The molecule has 0 aromatic heterocycles. The van der Waals surface area contributed by atoms with E-state index in [9.17, 15) is 9.67 Å². The van der Waals surface area contributed by atoms with Crippen molar-refractivity contribution in [2.75, 3.05) is 19.9 Å². The van der Waals surface area contributed by atoms with Gasteiger partial charge in [0.25, 0.3) is 0 Å². The van der Waals surface area contributed by atoms with Crippen LogP contribution in [-0.4, -0.2) is 61.5 Å². The van der Waals surface area contributed by atoms with Crippen LogP contribution in [0.5, 0.6) is 0 Å². The summed E-state index contributed by atoms with van der Waals surface area (Å²) in [5, 5.41) is 9.22. The van der Waals surface area contributed by atoms with Gasteiger partial charge in [0.15, 0.2) is 0 Å². The topological polar surface area (TPSA) is 85.2 Å². The van der Waals surface area contributed by atoms with Gasteiger partial charge in [0, 0.05) is 12.7 Å². The lowest BCUT2D eigenvalue weighted by Crippen LogP contribution is -2.45. The Labute approximate surface area is 88.5 Å². The van der Waals surface area contributed by atoms with Crippen molar-refractivity contribution >= 4 is 15.4 Å². The molecule has 2 saturated heterocycles. The lowest BCUT2D eigenvalue weighted by molar-refractivity contribution is -0.135. The summed E-state index contributed by atoms with van der Waals surface area (Å²) in [5.74, 6) is 0. The number of hydrogen-bond donors (Lipinski definition) is 2. The zero-order valence-corrected chi connectivity index (χ0v) is 9.09. The zero-order chi connectivity index (χ0) is 11.3. The fraction of sp³-hybridized carbons (Fsp3) is 1.00. The maximum absolute atomic E-state index is 11.2. The molecule has 2 bridgehead atoms. The minimum absolute atomic E-state index is 0.118. The fourth-order valence-electron chi connectivity index (χ4n) is 1.95. The first-order valence-electron chi connectivity index (χ1n) is 4.52. The first kappa shape index (κ1) is 11.6. The van der Waals surface area contributed by atoms with Crippen LogP contribution in [0.3, 0.4) is 0 Å². The molecular formula is C7H12BO6P. The quantitative estimate of drug-likeness (QED) is 0.473. The first-order valence-corrected chi connectivity index (χ1v) is 6.55. The van der Waals surface area contributed by atoms with E-state index >= 15 is 0 Å². The molecule has 2 rings (SSSR count). The average molecular weight is 234 g/mol. The van der Waals surface area contributed by atoms with Crippen molar-refractivity contribution in [3.63, 3.8) is 0 Å². The molecule has 0 amide bonds. The molecule has 2 fully saturated rings. The van der Waals surface area contributed by atoms with E-state index in [4.69, 9.17) is 26.7 Å². The molecule has 6 nitrogen and oxygen atoms in total. The standard InChI is InChI=1S/C7H12BO6P/c1-15(10,11)14-5-4-6(8)13-7(5,2-9)3-12-4/h4-6,9H,2-3H2,1H3,(H,10,11)/t4?,5?,6?,7-/m0/s1. The van der Waals surface area contributed by atoms with Crippen LogP contribution in [0.25, 0.3) is 0 Å². The third-order valence-electron chi connectivity index (χ3n) is 2.61. The predicted octanol–water partition coefficient (Wildman–Crippen LogP) is -1.16. The highest BCUT2D eigenvalue weighted by molar-refractivity contribution is 7.51. The van der Waals surface area contributed by atoms with Crippen molar-refractivity contribution in [3.8, 4) is 0 Å². The molecule has 0 aromatic carbocycles. The molecule has 5 atom stereocenters. The number of hydrogen-bond acceptors (Lipinski definition) is 5. The molecule has 2 aliphatic heterocycles. The number of aliphatic hydroxyl groups is 1. The van der Waals surface area contributed by atoms with Crippen LogP contribution in [-0.2, 0) is 18.6 Å². The molecule has 2 heterocycles. The second-order valence-corrected chi connectivity index (χ2v) is 5.73. The predicted molar refractivity (Wildman–Crippen MR) is 50.8 cm³/mol. The van der Waals surface area contributed by atoms with Gasteiger partial charge >= 0.3 is 7.60 Å². The Morgan fingerprint density at radius 2 is 2.40 bits per heavy atom. The largest absolute Gasteiger partial charge is 0.393 e. The molecule has 84 valence electrons. The maximum Gasteiger partial charge on any atom is 0.325 e. The summed E-state index contributed by atoms with van der Waals surface area (Å²) in [7, 11) is 1.92. The second kappa shape index (κ2) is 3.55. The van der Waals surface area contributed by atoms with Gasteiger partial charge in [-0.25, -0.2) is 0 Å². The van der Waals surface area contributed by atoms with Crippen molar-refractivity contribution in [1.82, 2.24) is 0 Å². The third kappa shape index (κ3) is 1.88. The van der Waals surface area contributed by atoms with Crippen LogP contribution in [0.1, 0.15) is 0 Å². The molecule has 8 heteroatoms. The van der Waals surface area contributed by atoms with Gasteiger partial charge in [-0.3, -0.25) is 9.09 Å². The van der Waals surface area contributed by atoms with E-state index in [0.29, 0.717) is 0 Å². The summed E-state index contributed by atoms with van der Waals surface area (Å²) in [6.45, 7) is 0.829. The summed E-state index contributed by atoms with van der Waals surface area (Å²) in [5.41, 5.74) is -1.10. The van der Waals surface area contributed by atoms with Crippen molar-refractivity contribution in [3.05, 3.63) is 0 Å². The second-order valence-electron chi connectivity index (χ2n) is 3.91. The van der Waals surface area contributed by atoms with Crippen molar-refractivity contribution < 1.29 is 28.6 Å². The van der Waals surface area contributed by atoms with Gasteiger partial charge in [-0.15, -0.1) is 0 Å². The van der Waals surface area contributed by atoms with Gasteiger partial charge < -0.3 is 19.5 Å². The van der Waals surface area contributed by atoms with E-state index in [-0.39, 0.29) is 13.2 Å². The van der Waals surface area contributed by atoms with Crippen molar-refractivity contribution in [2.24, 2.45) is 0 Å². The minimum atomic E-state index is -3.66. The summed E-state index contributed by atoms with van der Waals surface area (Å²) in [6.07, 6.45) is -1.39. The van der Waals surface area contributed by atoms with Crippen LogP contribution in [0.15, 0.2) is 0 Å². The zero-order valence-electron chi connectivity index (χ0n) is 8.20. The van der Waals surface area contributed by atoms with Gasteiger partial charge in [0.2, 0.25) is 0 Å². The summed E-state index contributed by atoms with van der Waals surface area (Å²) < 4.78 is 26.7. The summed E-state index contributed by atoms with van der Waals surface area (Å²) in [4.78, 5) is 9.14. The smallest absolute Gasteiger partial charge is 0.325 e. The van der Waals surface area contributed by atoms with Gasteiger partial charge in [-0.05, 0) is 0 Å². The first-order chi connectivity index (χ1) is 6.88. The van der Waals surface area contributed by atoms with E-state index in [1.165, 1.54) is 0 Å². The Morgan fingerprint density at radius 3 is 2.87 bits per heavy atom. The Kier molecular flexibility index (Phi) is 2.74. The molecule has 15 heavy (non-hydrogen) atoms. The summed E-state index contributed by atoms with van der Waals surface area (Å²) >= 11 is 0. The van der Waals surface area contributed by atoms with E-state index in [0.717, 1.165) is 6.66 Å². The highest BCUT2D eigenvalue weighted by Crippen LogP contribution is 2.49. The fourth-order valence-corrected chi connectivity index (χ4v) is 2.69. The molecule has 0 aliphatic carbocycles. The molecule has 2 N–H and O–H groups in total. The number of aliphatic hydroxyl groups excluding tert-OH is 1. The van der Waals surface area contributed by atoms with Crippen molar-refractivity contribution in [2.45, 2.75) is 23.8 Å². The number of fused-ring (bicyclic) bond motifs is 2. The van der Waals surface area contributed by atoms with Crippen LogP contribution in [0.4, 0.5) is 0 Å². The lowest BCUT2D eigenvalue weighted by Gasteiger charge is -2.28. The highest BCUT2D eigenvalue weighted by atomic mass is 31.2. The summed E-state index contributed by atoms with van der Waals surface area (Å²) in [6, 6.07) is -0.734. The van der Waals surface area contributed by atoms with Crippen LogP contribution >= 0.6 is 7.60 Å². The minimum Gasteiger partial charge on any atom is -0.393 e. The molecule has 0 saturated carbocycles. The average Bonchev–Trinajstić information content (AvgIpc) is 2.55. The van der Waals surface area contributed by atoms with E-state index in [2.05, 4.69) is 0 Å². The van der Waals surface area contributed by atoms with Gasteiger partial charge in [-0.2, -0.15) is 0 Å². The van der Waals surface area contributed by atoms with E-state index < -0.39 is 31.4 Å². The molecule has 2 radical (unpaired) electrons. The Hall–Kier alpha value is 0.0949. The van der Waals surface area contributed by atoms with E-state index in [1.807, 2.05) is 0 Å². The third-order valence-corrected chi connectivity index (χ3v) is 3.23. The maximum atomic E-state index is 11.2. The SMILES string of the molecule is [B]C1O[C@@]2(CO)COC1C2OP(C)(=O)O. The Balaban J connectivity index is 2.21. The number of rotatable bonds is 3. The van der Waals surface area contributed by atoms with Crippen LogP contribution in [0.2, 0.25) is 0 Å². The molecule has 4 unspecified atom stereocenters. The Bertz CT molecular complexity index is 306. The van der Waals surface area contributed by atoms with Crippen LogP contribution in [0, 0.1) is 0 Å². The van der Waals surface area contributed by atoms with Gasteiger partial charge in [0.05, 0.1) is 13.2 Å². The highest BCUT2D eigenvalue weighted by Gasteiger charge is 2.61. The Morgan fingerprint density at radius 1 is 1.73 bits per heavy atom. The molecular weight excluding hydrogens is 222 g/mol. The van der Waals surface area contributed by atoms with Crippen LogP contribution < -0.4 is 0 Å². The normalized spacial score (nSPS) is 48.1. The van der Waals surface area contributed by atoms with E-state index in [1.54, 1.807) is 0 Å². The number of ether oxygens (including phenoxy) is 2. The lowest BCUT2D eigenvalue weighted by atomic mass is 9.92. The van der Waals surface area contributed by atoms with Gasteiger partial charge in [-0.1, -0.05) is 0 Å². The van der Waals surface area contributed by atoms with Crippen molar-refractivity contribution in [1.29, 1.82) is 0 Å². The molecule has 0 spiro atoms. The van der Waals surface area contributed by atoms with Gasteiger partial charge in [0.1, 0.15) is 25.7 Å².